The highest BCUT2D eigenvalue weighted by atomic mass is 14.9. The number of hydrogen-bond acceptors (Lipinski definition) is 2. The van der Waals surface area contributed by atoms with Crippen LogP contribution in [0.1, 0.15) is 31.4 Å². The molecular formula is C13H20N2. The maximum Gasteiger partial charge on any atom is 0.0419 e. The highest BCUT2D eigenvalue weighted by Crippen LogP contribution is 2.26. The van der Waals surface area contributed by atoms with Gasteiger partial charge in [-0.2, -0.15) is 0 Å². The number of anilines is 1. The molecule has 2 heteroatoms. The third-order valence-corrected chi connectivity index (χ3v) is 3.19. The molecule has 1 aromatic rings. The van der Waals surface area contributed by atoms with Crippen LogP contribution in [0.5, 0.6) is 0 Å². The molecule has 82 valence electrons. The molecule has 0 bridgehead atoms. The summed E-state index contributed by atoms with van der Waals surface area (Å²) < 4.78 is 0. The van der Waals surface area contributed by atoms with E-state index in [0.717, 1.165) is 13.1 Å². The van der Waals surface area contributed by atoms with E-state index >= 15 is 0 Å². The van der Waals surface area contributed by atoms with Crippen LogP contribution in [0.4, 0.5) is 5.69 Å². The lowest BCUT2D eigenvalue weighted by Crippen LogP contribution is -2.24. The molecule has 2 nitrogen and oxygen atoms in total. The summed E-state index contributed by atoms with van der Waals surface area (Å²) in [7, 11) is 0. The van der Waals surface area contributed by atoms with E-state index in [4.69, 9.17) is 0 Å². The van der Waals surface area contributed by atoms with Gasteiger partial charge in [0, 0.05) is 24.8 Å². The monoisotopic (exact) mass is 204 g/mol. The minimum atomic E-state index is 0.599. The Labute approximate surface area is 92.1 Å². The Hall–Kier alpha value is -1.02. The van der Waals surface area contributed by atoms with Crippen molar-refractivity contribution in [2.24, 2.45) is 0 Å². The Balaban J connectivity index is 2.06. The number of hydrogen-bond donors (Lipinski definition) is 2. The van der Waals surface area contributed by atoms with Crippen LogP contribution in [-0.2, 0) is 13.0 Å². The predicted molar refractivity (Wildman–Crippen MR) is 65.2 cm³/mol. The van der Waals surface area contributed by atoms with E-state index in [2.05, 4.69) is 42.7 Å². The van der Waals surface area contributed by atoms with Crippen molar-refractivity contribution in [3.8, 4) is 0 Å². The van der Waals surface area contributed by atoms with Crippen LogP contribution >= 0.6 is 0 Å². The van der Waals surface area contributed by atoms with Gasteiger partial charge in [0.2, 0.25) is 0 Å². The largest absolute Gasteiger partial charge is 0.384 e. The molecule has 0 radical (unpaired) electrons. The van der Waals surface area contributed by atoms with Gasteiger partial charge in [-0.1, -0.05) is 25.1 Å². The van der Waals surface area contributed by atoms with Crippen molar-refractivity contribution in [2.45, 2.75) is 39.3 Å². The smallest absolute Gasteiger partial charge is 0.0419 e. The zero-order valence-electron chi connectivity index (χ0n) is 9.64. The van der Waals surface area contributed by atoms with Gasteiger partial charge in [-0.25, -0.2) is 0 Å². The second-order valence-electron chi connectivity index (χ2n) is 4.32. The molecule has 1 aliphatic rings. The molecule has 0 saturated carbocycles. The summed E-state index contributed by atoms with van der Waals surface area (Å²) in [5, 5.41) is 7.01. The van der Waals surface area contributed by atoms with Crippen LogP contribution < -0.4 is 10.6 Å². The Morgan fingerprint density at radius 3 is 3.13 bits per heavy atom. The topological polar surface area (TPSA) is 24.1 Å². The summed E-state index contributed by atoms with van der Waals surface area (Å²) in [4.78, 5) is 0. The molecular weight excluding hydrogens is 184 g/mol. The summed E-state index contributed by atoms with van der Waals surface area (Å²) in [6.07, 6.45) is 2.36. The van der Waals surface area contributed by atoms with Gasteiger partial charge in [-0.05, 0) is 30.9 Å². The van der Waals surface area contributed by atoms with Gasteiger partial charge in [0.05, 0.1) is 0 Å². The van der Waals surface area contributed by atoms with Gasteiger partial charge < -0.3 is 10.6 Å². The van der Waals surface area contributed by atoms with E-state index in [-0.39, 0.29) is 0 Å². The summed E-state index contributed by atoms with van der Waals surface area (Å²) in [5.74, 6) is 0. The lowest BCUT2D eigenvalue weighted by atomic mass is 10.1. The summed E-state index contributed by atoms with van der Waals surface area (Å²) in [6.45, 7) is 6.52. The summed E-state index contributed by atoms with van der Waals surface area (Å²) in [5.41, 5.74) is 4.25. The first-order chi connectivity index (χ1) is 7.31. The molecule has 0 spiro atoms. The fourth-order valence-corrected chi connectivity index (χ4v) is 1.99. The fourth-order valence-electron chi connectivity index (χ4n) is 1.99. The van der Waals surface area contributed by atoms with Crippen LogP contribution in [-0.4, -0.2) is 12.6 Å². The molecule has 1 aromatic carbocycles. The van der Waals surface area contributed by atoms with Crippen LogP contribution in [0.15, 0.2) is 18.2 Å². The Morgan fingerprint density at radius 1 is 1.47 bits per heavy atom. The second-order valence-corrected chi connectivity index (χ2v) is 4.32. The first-order valence-electron chi connectivity index (χ1n) is 5.89. The average molecular weight is 204 g/mol. The zero-order valence-corrected chi connectivity index (χ0v) is 9.64. The highest BCUT2D eigenvalue weighted by molar-refractivity contribution is 5.61. The number of para-hydroxylation sites is 1. The van der Waals surface area contributed by atoms with Gasteiger partial charge in [-0.3, -0.25) is 0 Å². The molecule has 2 rings (SSSR count). The van der Waals surface area contributed by atoms with E-state index in [0.29, 0.717) is 6.04 Å². The third-order valence-electron chi connectivity index (χ3n) is 3.19. The first-order valence-corrected chi connectivity index (χ1v) is 5.89. The zero-order chi connectivity index (χ0) is 10.7. The standard InChI is InChI=1S/C13H20N2/c1-3-10(2)15-9-12-6-4-5-11-7-8-14-13(11)12/h4-6,10,14-15H,3,7-9H2,1-2H3. The molecule has 1 atom stereocenters. The minimum Gasteiger partial charge on any atom is -0.384 e. The quantitative estimate of drug-likeness (QED) is 0.787. The Morgan fingerprint density at radius 2 is 2.33 bits per heavy atom. The Kier molecular flexibility index (Phi) is 3.27. The highest BCUT2D eigenvalue weighted by Gasteiger charge is 2.13. The summed E-state index contributed by atoms with van der Waals surface area (Å²) >= 11 is 0. The van der Waals surface area contributed by atoms with E-state index in [1.807, 2.05) is 0 Å². The van der Waals surface area contributed by atoms with Crippen molar-refractivity contribution < 1.29 is 0 Å². The third kappa shape index (κ3) is 2.32. The Bertz CT molecular complexity index is 333. The summed E-state index contributed by atoms with van der Waals surface area (Å²) in [6, 6.07) is 7.20. The maximum atomic E-state index is 3.54. The van der Waals surface area contributed by atoms with E-state index in [1.165, 1.54) is 29.7 Å². The van der Waals surface area contributed by atoms with Crippen LogP contribution in [0.3, 0.4) is 0 Å². The maximum absolute atomic E-state index is 3.54. The van der Waals surface area contributed by atoms with Crippen molar-refractivity contribution >= 4 is 5.69 Å². The van der Waals surface area contributed by atoms with Crippen molar-refractivity contribution in [3.63, 3.8) is 0 Å². The number of benzene rings is 1. The average Bonchev–Trinajstić information content (AvgIpc) is 2.74. The first kappa shape index (κ1) is 10.5. The SMILES string of the molecule is CCC(C)NCc1cccc2c1NCC2. The fraction of sp³-hybridized carbons (Fsp3) is 0.538. The second kappa shape index (κ2) is 4.67. The number of fused-ring (bicyclic) bond motifs is 1. The van der Waals surface area contributed by atoms with E-state index in [1.54, 1.807) is 0 Å². The molecule has 0 aliphatic carbocycles. The molecule has 1 unspecified atom stereocenters. The van der Waals surface area contributed by atoms with Gasteiger partial charge in [0.25, 0.3) is 0 Å². The van der Waals surface area contributed by atoms with Gasteiger partial charge in [0.15, 0.2) is 0 Å². The van der Waals surface area contributed by atoms with Gasteiger partial charge in [-0.15, -0.1) is 0 Å². The van der Waals surface area contributed by atoms with E-state index < -0.39 is 0 Å². The van der Waals surface area contributed by atoms with Crippen molar-refractivity contribution in [2.75, 3.05) is 11.9 Å². The molecule has 0 aromatic heterocycles. The lowest BCUT2D eigenvalue weighted by Gasteiger charge is -2.14. The van der Waals surface area contributed by atoms with Crippen molar-refractivity contribution in [1.29, 1.82) is 0 Å². The molecule has 15 heavy (non-hydrogen) atoms. The minimum absolute atomic E-state index is 0.599. The van der Waals surface area contributed by atoms with E-state index in [9.17, 15) is 0 Å². The van der Waals surface area contributed by atoms with Crippen molar-refractivity contribution in [1.82, 2.24) is 5.32 Å². The molecule has 0 amide bonds. The van der Waals surface area contributed by atoms with Crippen LogP contribution in [0, 0.1) is 0 Å². The molecule has 1 heterocycles. The molecule has 0 fully saturated rings. The van der Waals surface area contributed by atoms with Crippen LogP contribution in [0.2, 0.25) is 0 Å². The molecule has 2 N–H and O–H groups in total. The molecule has 0 saturated heterocycles. The lowest BCUT2D eigenvalue weighted by molar-refractivity contribution is 0.534. The molecule has 1 aliphatic heterocycles. The van der Waals surface area contributed by atoms with Gasteiger partial charge >= 0.3 is 0 Å². The van der Waals surface area contributed by atoms with Crippen LogP contribution in [0.25, 0.3) is 0 Å². The van der Waals surface area contributed by atoms with Gasteiger partial charge in [0.1, 0.15) is 0 Å². The number of rotatable bonds is 4. The normalized spacial score (nSPS) is 15.9. The van der Waals surface area contributed by atoms with Crippen molar-refractivity contribution in [3.05, 3.63) is 29.3 Å². The predicted octanol–water partition coefficient (Wildman–Crippen LogP) is 2.54. The number of nitrogens with one attached hydrogen (secondary N) is 2.